The van der Waals surface area contributed by atoms with Crippen molar-refractivity contribution in [3.8, 4) is 0 Å². The zero-order valence-electron chi connectivity index (χ0n) is 11.9. The fraction of sp³-hybridized carbons (Fsp3) is 0.882. The Bertz CT molecular complexity index is 351. The largest absolute Gasteiger partial charge is 0.497 e. The molecule has 0 aromatic rings. The molecular formula is C17H27NO. The molecule has 4 bridgehead atoms. The van der Waals surface area contributed by atoms with E-state index in [4.69, 9.17) is 10.5 Å². The second-order valence-corrected chi connectivity index (χ2v) is 7.83. The average molecular weight is 261 g/mol. The van der Waals surface area contributed by atoms with Crippen LogP contribution in [0.3, 0.4) is 0 Å². The van der Waals surface area contributed by atoms with Crippen molar-refractivity contribution < 1.29 is 4.74 Å². The Hall–Kier alpha value is -0.500. The van der Waals surface area contributed by atoms with E-state index in [1.165, 1.54) is 44.9 Å². The third-order valence-electron chi connectivity index (χ3n) is 6.15. The molecular weight excluding hydrogens is 234 g/mol. The zero-order valence-corrected chi connectivity index (χ0v) is 11.9. The number of allylic oxidation sites excluding steroid dienone is 1. The van der Waals surface area contributed by atoms with E-state index < -0.39 is 0 Å². The monoisotopic (exact) mass is 261 g/mol. The minimum Gasteiger partial charge on any atom is -0.497 e. The molecule has 0 radical (unpaired) electrons. The van der Waals surface area contributed by atoms with Gasteiger partial charge in [0.25, 0.3) is 0 Å². The Morgan fingerprint density at radius 2 is 1.79 bits per heavy atom. The van der Waals surface area contributed by atoms with Crippen LogP contribution in [0.2, 0.25) is 0 Å². The van der Waals surface area contributed by atoms with Crippen molar-refractivity contribution >= 4 is 0 Å². The van der Waals surface area contributed by atoms with Gasteiger partial charge in [-0.1, -0.05) is 0 Å². The maximum atomic E-state index is 6.48. The highest BCUT2D eigenvalue weighted by molar-refractivity contribution is 5.09. The molecule has 2 nitrogen and oxygen atoms in total. The lowest BCUT2D eigenvalue weighted by Crippen LogP contribution is -2.48. The van der Waals surface area contributed by atoms with Gasteiger partial charge in [-0.05, 0) is 87.0 Å². The summed E-state index contributed by atoms with van der Waals surface area (Å²) in [5, 5.41) is 0. The maximum Gasteiger partial charge on any atom is 0.109 e. The fourth-order valence-corrected chi connectivity index (χ4v) is 5.94. The Balaban J connectivity index is 1.48. The van der Waals surface area contributed by atoms with Crippen LogP contribution < -0.4 is 5.73 Å². The number of ether oxygens (including phenoxy) is 1. The van der Waals surface area contributed by atoms with Gasteiger partial charge in [-0.2, -0.15) is 0 Å². The van der Waals surface area contributed by atoms with E-state index in [1.807, 2.05) is 0 Å². The van der Waals surface area contributed by atoms with E-state index in [0.717, 1.165) is 43.0 Å². The van der Waals surface area contributed by atoms with E-state index in [9.17, 15) is 0 Å². The minimum atomic E-state index is 0.163. The summed E-state index contributed by atoms with van der Waals surface area (Å²) in [6.45, 7) is 0.875. The normalized spacial score (nSPS) is 45.7. The molecule has 1 aliphatic heterocycles. The Morgan fingerprint density at radius 1 is 1.16 bits per heavy atom. The number of nitrogens with two attached hydrogens (primary N) is 1. The van der Waals surface area contributed by atoms with Gasteiger partial charge >= 0.3 is 0 Å². The molecule has 0 spiro atoms. The number of hydrogen-bond acceptors (Lipinski definition) is 2. The summed E-state index contributed by atoms with van der Waals surface area (Å²) in [4.78, 5) is 0. The number of hydrogen-bond donors (Lipinski definition) is 1. The first-order chi connectivity index (χ1) is 9.22. The summed E-state index contributed by atoms with van der Waals surface area (Å²) in [7, 11) is 0. The standard InChI is InChI=1S/C17H27NO/c18-15(16-3-1-2-4-19-16)11-17-8-12-5-13(9-17)7-14(6-12)10-17/h3,12-15H,1-2,4-11,18H2. The van der Waals surface area contributed by atoms with Crippen LogP contribution in [0, 0.1) is 23.2 Å². The molecule has 1 unspecified atom stereocenters. The van der Waals surface area contributed by atoms with Gasteiger partial charge in [0.05, 0.1) is 12.6 Å². The summed E-state index contributed by atoms with van der Waals surface area (Å²) < 4.78 is 5.79. The topological polar surface area (TPSA) is 35.2 Å². The maximum absolute atomic E-state index is 6.48. The third kappa shape index (κ3) is 2.22. The zero-order chi connectivity index (χ0) is 12.9. The first kappa shape index (κ1) is 12.3. The highest BCUT2D eigenvalue weighted by Crippen LogP contribution is 2.61. The highest BCUT2D eigenvalue weighted by Gasteiger charge is 2.51. The van der Waals surface area contributed by atoms with Gasteiger partial charge in [0.15, 0.2) is 0 Å². The first-order valence-electron chi connectivity index (χ1n) is 8.31. The molecule has 0 amide bonds. The summed E-state index contributed by atoms with van der Waals surface area (Å²) in [5.74, 6) is 4.18. The van der Waals surface area contributed by atoms with Crippen molar-refractivity contribution in [1.82, 2.24) is 0 Å². The van der Waals surface area contributed by atoms with Crippen LogP contribution in [-0.4, -0.2) is 12.6 Å². The van der Waals surface area contributed by atoms with Crippen molar-refractivity contribution in [3.63, 3.8) is 0 Å². The van der Waals surface area contributed by atoms with Gasteiger partial charge < -0.3 is 10.5 Å². The minimum absolute atomic E-state index is 0.163. The molecule has 0 aromatic carbocycles. The van der Waals surface area contributed by atoms with Gasteiger partial charge in [-0.3, -0.25) is 0 Å². The molecule has 4 saturated carbocycles. The van der Waals surface area contributed by atoms with Crippen molar-refractivity contribution in [1.29, 1.82) is 0 Å². The van der Waals surface area contributed by atoms with Gasteiger partial charge in [-0.25, -0.2) is 0 Å². The molecule has 4 fully saturated rings. The summed E-state index contributed by atoms with van der Waals surface area (Å²) in [6.07, 6.45) is 14.7. The molecule has 1 atom stereocenters. The molecule has 0 aromatic heterocycles. The molecule has 106 valence electrons. The predicted molar refractivity (Wildman–Crippen MR) is 76.5 cm³/mol. The SMILES string of the molecule is NC(CC12CC3CC(CC(C3)C1)C2)C1=CCCCO1. The van der Waals surface area contributed by atoms with Gasteiger partial charge in [0.2, 0.25) is 0 Å². The van der Waals surface area contributed by atoms with E-state index >= 15 is 0 Å². The Labute approximate surface area is 116 Å². The third-order valence-corrected chi connectivity index (χ3v) is 6.15. The van der Waals surface area contributed by atoms with Crippen molar-refractivity contribution in [2.75, 3.05) is 6.61 Å². The predicted octanol–water partition coefficient (Wildman–Crippen LogP) is 3.61. The Kier molecular flexibility index (Phi) is 2.91. The smallest absolute Gasteiger partial charge is 0.109 e. The Morgan fingerprint density at radius 3 is 2.32 bits per heavy atom. The van der Waals surface area contributed by atoms with Crippen LogP contribution in [0.1, 0.15) is 57.8 Å². The van der Waals surface area contributed by atoms with Crippen molar-refractivity contribution in [2.24, 2.45) is 28.9 Å². The molecule has 0 saturated heterocycles. The lowest BCUT2D eigenvalue weighted by atomic mass is 9.48. The van der Waals surface area contributed by atoms with Crippen molar-refractivity contribution in [2.45, 2.75) is 63.8 Å². The van der Waals surface area contributed by atoms with Crippen LogP contribution in [0.25, 0.3) is 0 Å². The molecule has 2 heteroatoms. The lowest BCUT2D eigenvalue weighted by molar-refractivity contribution is -0.0610. The highest BCUT2D eigenvalue weighted by atomic mass is 16.5. The van der Waals surface area contributed by atoms with E-state index in [2.05, 4.69) is 6.08 Å². The molecule has 19 heavy (non-hydrogen) atoms. The quantitative estimate of drug-likeness (QED) is 0.842. The molecule has 4 aliphatic carbocycles. The molecule has 2 N–H and O–H groups in total. The average Bonchev–Trinajstić information content (AvgIpc) is 2.37. The fourth-order valence-electron chi connectivity index (χ4n) is 5.94. The molecule has 5 rings (SSSR count). The van der Waals surface area contributed by atoms with Crippen LogP contribution in [0.5, 0.6) is 0 Å². The van der Waals surface area contributed by atoms with Gasteiger partial charge in [0, 0.05) is 0 Å². The second-order valence-electron chi connectivity index (χ2n) is 7.83. The van der Waals surface area contributed by atoms with E-state index in [1.54, 1.807) is 0 Å². The summed E-state index contributed by atoms with van der Waals surface area (Å²) in [6, 6.07) is 0.163. The van der Waals surface area contributed by atoms with E-state index in [0.29, 0.717) is 5.41 Å². The van der Waals surface area contributed by atoms with Crippen molar-refractivity contribution in [3.05, 3.63) is 11.8 Å². The lowest BCUT2D eigenvalue weighted by Gasteiger charge is -2.57. The number of rotatable bonds is 3. The molecule has 5 aliphatic rings. The molecule has 1 heterocycles. The summed E-state index contributed by atoms with van der Waals surface area (Å²) >= 11 is 0. The van der Waals surface area contributed by atoms with Crippen LogP contribution in [0.15, 0.2) is 11.8 Å². The van der Waals surface area contributed by atoms with Gasteiger partial charge in [-0.15, -0.1) is 0 Å². The van der Waals surface area contributed by atoms with E-state index in [-0.39, 0.29) is 6.04 Å². The second kappa shape index (κ2) is 4.51. The summed E-state index contributed by atoms with van der Waals surface area (Å²) in [5.41, 5.74) is 7.06. The van der Waals surface area contributed by atoms with Crippen LogP contribution in [0.4, 0.5) is 0 Å². The van der Waals surface area contributed by atoms with Gasteiger partial charge in [0.1, 0.15) is 5.76 Å². The first-order valence-corrected chi connectivity index (χ1v) is 8.31. The van der Waals surface area contributed by atoms with Crippen LogP contribution >= 0.6 is 0 Å². The van der Waals surface area contributed by atoms with Crippen LogP contribution in [-0.2, 0) is 4.74 Å².